The van der Waals surface area contributed by atoms with E-state index >= 15 is 0 Å². The van der Waals surface area contributed by atoms with Crippen molar-refractivity contribution in [3.63, 3.8) is 0 Å². The molecular formula is C17H19ClN2O3. The van der Waals surface area contributed by atoms with E-state index in [-0.39, 0.29) is 12.0 Å². The summed E-state index contributed by atoms with van der Waals surface area (Å²) in [5.74, 6) is 0.369. The Morgan fingerprint density at radius 1 is 1.48 bits per heavy atom. The summed E-state index contributed by atoms with van der Waals surface area (Å²) < 4.78 is 10.9. The SMILES string of the molecule is CCO[C@@H]1CCCN(C(=O)c2cc(-c3ccccc3Cl)on2)C1. The summed E-state index contributed by atoms with van der Waals surface area (Å²) in [5.41, 5.74) is 1.03. The Bertz CT molecular complexity index is 684. The molecule has 0 spiro atoms. The van der Waals surface area contributed by atoms with E-state index in [0.29, 0.717) is 29.6 Å². The number of carbonyl (C=O) groups is 1. The molecular weight excluding hydrogens is 316 g/mol. The van der Waals surface area contributed by atoms with Crippen molar-refractivity contribution >= 4 is 17.5 Å². The summed E-state index contributed by atoms with van der Waals surface area (Å²) in [4.78, 5) is 14.4. The zero-order valence-corrected chi connectivity index (χ0v) is 13.8. The van der Waals surface area contributed by atoms with Gasteiger partial charge in [-0.2, -0.15) is 0 Å². The Kier molecular flexibility index (Phi) is 4.98. The molecule has 5 nitrogen and oxygen atoms in total. The van der Waals surface area contributed by atoms with Crippen LogP contribution in [-0.2, 0) is 4.74 Å². The topological polar surface area (TPSA) is 55.6 Å². The molecule has 1 aromatic carbocycles. The van der Waals surface area contributed by atoms with Crippen LogP contribution in [0.1, 0.15) is 30.3 Å². The highest BCUT2D eigenvalue weighted by molar-refractivity contribution is 6.33. The van der Waals surface area contributed by atoms with E-state index in [4.69, 9.17) is 20.9 Å². The number of hydrogen-bond acceptors (Lipinski definition) is 4. The highest BCUT2D eigenvalue weighted by Gasteiger charge is 2.27. The first-order valence-corrected chi connectivity index (χ1v) is 8.19. The molecule has 0 unspecified atom stereocenters. The Balaban J connectivity index is 1.75. The molecule has 122 valence electrons. The molecule has 2 heterocycles. The Morgan fingerprint density at radius 2 is 2.30 bits per heavy atom. The molecule has 2 aromatic rings. The summed E-state index contributed by atoms with van der Waals surface area (Å²) >= 11 is 6.15. The molecule has 0 aliphatic carbocycles. The van der Waals surface area contributed by atoms with Crippen molar-refractivity contribution in [2.45, 2.75) is 25.9 Å². The van der Waals surface area contributed by atoms with E-state index in [9.17, 15) is 4.79 Å². The predicted octanol–water partition coefficient (Wildman–Crippen LogP) is 3.64. The standard InChI is InChI=1S/C17H19ClN2O3/c1-2-22-12-6-5-9-20(11-12)17(21)15-10-16(23-19-15)13-7-3-4-8-14(13)18/h3-4,7-8,10,12H,2,5-6,9,11H2,1H3/t12-/m1/s1. The van der Waals surface area contributed by atoms with Crippen LogP contribution < -0.4 is 0 Å². The lowest BCUT2D eigenvalue weighted by molar-refractivity contribution is 0.00689. The number of hydrogen-bond donors (Lipinski definition) is 0. The maximum atomic E-state index is 12.6. The first-order chi connectivity index (χ1) is 11.2. The average Bonchev–Trinajstić information content (AvgIpc) is 3.05. The minimum atomic E-state index is -0.128. The van der Waals surface area contributed by atoms with E-state index in [1.54, 1.807) is 17.0 Å². The van der Waals surface area contributed by atoms with E-state index in [1.165, 1.54) is 0 Å². The van der Waals surface area contributed by atoms with Crippen molar-refractivity contribution in [3.05, 3.63) is 41.0 Å². The molecule has 0 bridgehead atoms. The zero-order valence-electron chi connectivity index (χ0n) is 13.0. The molecule has 3 rings (SSSR count). The van der Waals surface area contributed by atoms with Crippen molar-refractivity contribution in [2.24, 2.45) is 0 Å². The number of rotatable bonds is 4. The Hall–Kier alpha value is -1.85. The molecule has 1 atom stereocenters. The van der Waals surface area contributed by atoms with Crippen molar-refractivity contribution < 1.29 is 14.1 Å². The summed E-state index contributed by atoms with van der Waals surface area (Å²) in [6.07, 6.45) is 2.03. The first-order valence-electron chi connectivity index (χ1n) is 7.81. The second kappa shape index (κ2) is 7.15. The van der Waals surface area contributed by atoms with Gasteiger partial charge in [-0.3, -0.25) is 4.79 Å². The Morgan fingerprint density at radius 3 is 3.09 bits per heavy atom. The Labute approximate surface area is 140 Å². The average molecular weight is 335 g/mol. The summed E-state index contributed by atoms with van der Waals surface area (Å²) in [6.45, 7) is 3.94. The van der Waals surface area contributed by atoms with Gasteiger partial charge in [0.25, 0.3) is 5.91 Å². The minimum Gasteiger partial charge on any atom is -0.377 e. The molecule has 0 radical (unpaired) electrons. The van der Waals surface area contributed by atoms with Gasteiger partial charge in [0.05, 0.1) is 11.1 Å². The van der Waals surface area contributed by atoms with Crippen LogP contribution in [0.4, 0.5) is 0 Å². The van der Waals surface area contributed by atoms with E-state index in [1.807, 2.05) is 25.1 Å². The highest BCUT2D eigenvalue weighted by atomic mass is 35.5. The quantitative estimate of drug-likeness (QED) is 0.856. The molecule has 1 amide bonds. The second-order valence-electron chi connectivity index (χ2n) is 5.53. The van der Waals surface area contributed by atoms with Crippen LogP contribution in [0, 0.1) is 0 Å². The fourth-order valence-electron chi connectivity index (χ4n) is 2.82. The number of amides is 1. The smallest absolute Gasteiger partial charge is 0.276 e. The number of carbonyl (C=O) groups excluding carboxylic acids is 1. The van der Waals surface area contributed by atoms with Gasteiger partial charge in [0, 0.05) is 31.3 Å². The minimum absolute atomic E-state index is 0.104. The molecule has 1 aliphatic heterocycles. The van der Waals surface area contributed by atoms with Crippen LogP contribution in [0.2, 0.25) is 5.02 Å². The molecule has 0 saturated carbocycles. The largest absolute Gasteiger partial charge is 0.377 e. The summed E-state index contributed by atoms with van der Waals surface area (Å²) in [5, 5.41) is 4.48. The fourth-order valence-corrected chi connectivity index (χ4v) is 3.05. The number of aromatic nitrogens is 1. The number of piperidine rings is 1. The van der Waals surface area contributed by atoms with E-state index in [2.05, 4.69) is 5.16 Å². The van der Waals surface area contributed by atoms with Gasteiger partial charge in [-0.25, -0.2) is 0 Å². The summed E-state index contributed by atoms with van der Waals surface area (Å²) in [7, 11) is 0. The number of nitrogens with zero attached hydrogens (tertiary/aromatic N) is 2. The highest BCUT2D eigenvalue weighted by Crippen LogP contribution is 2.28. The maximum Gasteiger partial charge on any atom is 0.276 e. The molecule has 1 aromatic heterocycles. The molecule has 23 heavy (non-hydrogen) atoms. The van der Waals surface area contributed by atoms with Gasteiger partial charge in [-0.15, -0.1) is 0 Å². The second-order valence-corrected chi connectivity index (χ2v) is 5.93. The lowest BCUT2D eigenvalue weighted by atomic mass is 10.1. The monoisotopic (exact) mass is 334 g/mol. The number of halogens is 1. The van der Waals surface area contributed by atoms with Gasteiger partial charge in [-0.05, 0) is 31.9 Å². The molecule has 6 heteroatoms. The molecule has 1 fully saturated rings. The molecule has 0 N–H and O–H groups in total. The van der Waals surface area contributed by atoms with Gasteiger partial charge >= 0.3 is 0 Å². The number of benzene rings is 1. The van der Waals surface area contributed by atoms with Crippen molar-refractivity contribution in [1.82, 2.24) is 10.1 Å². The fraction of sp³-hybridized carbons (Fsp3) is 0.412. The van der Waals surface area contributed by atoms with Gasteiger partial charge in [0.2, 0.25) is 0 Å². The van der Waals surface area contributed by atoms with Gasteiger partial charge in [-0.1, -0.05) is 28.9 Å². The maximum absolute atomic E-state index is 12.6. The van der Waals surface area contributed by atoms with Gasteiger partial charge in [0.15, 0.2) is 11.5 Å². The third-order valence-electron chi connectivity index (χ3n) is 3.94. The number of likely N-dealkylation sites (tertiary alicyclic amines) is 1. The van der Waals surface area contributed by atoms with Crippen LogP contribution >= 0.6 is 11.6 Å². The predicted molar refractivity (Wildman–Crippen MR) is 87.5 cm³/mol. The lowest BCUT2D eigenvalue weighted by Gasteiger charge is -2.31. The van der Waals surface area contributed by atoms with Crippen LogP contribution in [0.15, 0.2) is 34.9 Å². The van der Waals surface area contributed by atoms with Crippen LogP contribution in [-0.4, -0.2) is 41.8 Å². The third-order valence-corrected chi connectivity index (χ3v) is 4.27. The molecule has 1 saturated heterocycles. The number of ether oxygens (including phenoxy) is 1. The normalized spacial score (nSPS) is 18.2. The zero-order chi connectivity index (χ0) is 16.2. The van der Waals surface area contributed by atoms with Gasteiger partial charge < -0.3 is 14.2 Å². The van der Waals surface area contributed by atoms with Crippen molar-refractivity contribution in [1.29, 1.82) is 0 Å². The van der Waals surface area contributed by atoms with Crippen LogP contribution in [0.5, 0.6) is 0 Å². The van der Waals surface area contributed by atoms with E-state index in [0.717, 1.165) is 24.9 Å². The van der Waals surface area contributed by atoms with Crippen molar-refractivity contribution in [3.8, 4) is 11.3 Å². The van der Waals surface area contributed by atoms with Gasteiger partial charge in [0.1, 0.15) is 0 Å². The van der Waals surface area contributed by atoms with Crippen molar-refractivity contribution in [2.75, 3.05) is 19.7 Å². The van der Waals surface area contributed by atoms with Crippen LogP contribution in [0.25, 0.3) is 11.3 Å². The first kappa shape index (κ1) is 16.0. The van der Waals surface area contributed by atoms with Crippen LogP contribution in [0.3, 0.4) is 0 Å². The lowest BCUT2D eigenvalue weighted by Crippen LogP contribution is -2.43. The van der Waals surface area contributed by atoms with E-state index < -0.39 is 0 Å². The molecule has 1 aliphatic rings. The third kappa shape index (κ3) is 3.57. The summed E-state index contributed by atoms with van der Waals surface area (Å²) in [6, 6.07) is 8.97.